The minimum Gasteiger partial charge on any atom is -0.342 e. The van der Waals surface area contributed by atoms with Crippen molar-refractivity contribution in [3.05, 3.63) is 64.5 Å². The molecule has 1 aromatic carbocycles. The lowest BCUT2D eigenvalue weighted by atomic mass is 9.87. The molecule has 1 saturated carbocycles. The van der Waals surface area contributed by atoms with Gasteiger partial charge < -0.3 is 9.47 Å². The summed E-state index contributed by atoms with van der Waals surface area (Å²) in [6, 6.07) is 8.97. The van der Waals surface area contributed by atoms with Crippen molar-refractivity contribution in [1.82, 2.24) is 14.5 Å². The quantitative estimate of drug-likeness (QED) is 0.490. The van der Waals surface area contributed by atoms with E-state index in [1.54, 1.807) is 24.3 Å². The number of carbonyl (C=O) groups excluding carboxylic acids is 2. The topological polar surface area (TPSA) is 79.0 Å². The summed E-state index contributed by atoms with van der Waals surface area (Å²) < 4.78 is 2.08. The Balaban J connectivity index is 1.37. The summed E-state index contributed by atoms with van der Waals surface area (Å²) in [5.41, 5.74) is 5.28. The summed E-state index contributed by atoms with van der Waals surface area (Å²) in [5.74, 6) is 0.968. The van der Waals surface area contributed by atoms with E-state index in [4.69, 9.17) is 10.2 Å². The number of aromatic nitrogens is 2. The van der Waals surface area contributed by atoms with Gasteiger partial charge in [-0.3, -0.25) is 9.59 Å². The second-order valence-corrected chi connectivity index (χ2v) is 10.2. The number of nitrogens with zero attached hydrogens (tertiary/aromatic N) is 4. The van der Waals surface area contributed by atoms with E-state index >= 15 is 0 Å². The van der Waals surface area contributed by atoms with Crippen LogP contribution in [0.3, 0.4) is 0 Å². The molecule has 3 heterocycles. The first-order valence-corrected chi connectivity index (χ1v) is 12.7. The summed E-state index contributed by atoms with van der Waals surface area (Å²) in [7, 11) is 2.02. The first kappa shape index (κ1) is 23.3. The Morgan fingerprint density at radius 2 is 1.89 bits per heavy atom. The fraction of sp³-hybridized carbons (Fsp3) is 0.448. The molecule has 0 atom stereocenters. The zero-order chi connectivity index (χ0) is 24.5. The highest BCUT2D eigenvalue weighted by Gasteiger charge is 2.31. The van der Waals surface area contributed by atoms with E-state index in [9.17, 15) is 9.59 Å². The van der Waals surface area contributed by atoms with E-state index in [2.05, 4.69) is 28.7 Å². The van der Waals surface area contributed by atoms with Gasteiger partial charge in [-0.1, -0.05) is 25.0 Å². The standard InChI is InChI=1S/C29H32N4O2/c1-19-24(15-26(34)23-9-5-6-20(14-23)16-30)17-31-28-27(19)25(18-32(28)2)21-10-12-33(13-11-21)29(35)22-7-3-4-8-22/h5-6,9,14,17-18,21-22H,3-4,7-8,10-13,15H2,1-2H3. The largest absolute Gasteiger partial charge is 0.342 e. The van der Waals surface area contributed by atoms with Crippen molar-refractivity contribution in [1.29, 1.82) is 5.26 Å². The third-order valence-electron chi connectivity index (χ3n) is 7.99. The molecule has 0 N–H and O–H groups in total. The molecule has 2 aliphatic rings. The third-order valence-corrected chi connectivity index (χ3v) is 7.99. The highest BCUT2D eigenvalue weighted by Crippen LogP contribution is 2.37. The second-order valence-electron chi connectivity index (χ2n) is 10.2. The Labute approximate surface area is 206 Å². The molecule has 6 nitrogen and oxygen atoms in total. The first-order valence-electron chi connectivity index (χ1n) is 12.7. The normalized spacial score (nSPS) is 17.1. The number of likely N-dealkylation sites (tertiary alicyclic amines) is 1. The van der Waals surface area contributed by atoms with E-state index in [-0.39, 0.29) is 18.1 Å². The maximum absolute atomic E-state index is 13.0. The Morgan fingerprint density at radius 3 is 2.60 bits per heavy atom. The van der Waals surface area contributed by atoms with Gasteiger partial charge in [0.05, 0.1) is 11.6 Å². The van der Waals surface area contributed by atoms with Crippen LogP contribution in [-0.4, -0.2) is 39.2 Å². The van der Waals surface area contributed by atoms with Crippen LogP contribution in [0.2, 0.25) is 0 Å². The number of pyridine rings is 1. The number of fused-ring (bicyclic) bond motifs is 1. The third kappa shape index (κ3) is 4.48. The fourth-order valence-electron chi connectivity index (χ4n) is 5.94. The number of aryl methyl sites for hydroxylation is 2. The van der Waals surface area contributed by atoms with Crippen LogP contribution in [0.25, 0.3) is 11.0 Å². The number of rotatable bonds is 5. The number of nitriles is 1. The molecule has 1 saturated heterocycles. The van der Waals surface area contributed by atoms with Crippen molar-refractivity contribution in [2.75, 3.05) is 13.1 Å². The van der Waals surface area contributed by atoms with E-state index in [0.717, 1.165) is 60.9 Å². The Kier molecular flexibility index (Phi) is 6.42. The van der Waals surface area contributed by atoms with Gasteiger partial charge in [0.2, 0.25) is 5.91 Å². The number of amides is 1. The number of piperidine rings is 1. The Hall–Kier alpha value is -3.46. The van der Waals surface area contributed by atoms with Gasteiger partial charge in [0.15, 0.2) is 5.78 Å². The van der Waals surface area contributed by atoms with E-state index < -0.39 is 0 Å². The van der Waals surface area contributed by atoms with Crippen LogP contribution in [0.1, 0.15) is 77.1 Å². The van der Waals surface area contributed by atoms with Gasteiger partial charge in [-0.2, -0.15) is 5.26 Å². The molecule has 1 amide bonds. The molecule has 1 aliphatic carbocycles. The molecule has 5 rings (SSSR count). The maximum Gasteiger partial charge on any atom is 0.225 e. The van der Waals surface area contributed by atoms with Crippen molar-refractivity contribution in [3.8, 4) is 6.07 Å². The van der Waals surface area contributed by atoms with Crippen molar-refractivity contribution in [2.24, 2.45) is 13.0 Å². The van der Waals surface area contributed by atoms with Gasteiger partial charge in [0.1, 0.15) is 5.65 Å². The summed E-state index contributed by atoms with van der Waals surface area (Å²) in [6.07, 6.45) is 10.6. The van der Waals surface area contributed by atoms with Crippen molar-refractivity contribution in [3.63, 3.8) is 0 Å². The lowest BCUT2D eigenvalue weighted by molar-refractivity contribution is -0.136. The van der Waals surface area contributed by atoms with Crippen LogP contribution in [0.15, 0.2) is 36.7 Å². The summed E-state index contributed by atoms with van der Waals surface area (Å²) in [6.45, 7) is 3.72. The molecule has 1 aliphatic heterocycles. The molecule has 3 aromatic rings. The minimum atomic E-state index is -0.0115. The molecule has 180 valence electrons. The predicted molar refractivity (Wildman–Crippen MR) is 135 cm³/mol. The van der Waals surface area contributed by atoms with Crippen LogP contribution in [0.5, 0.6) is 0 Å². The van der Waals surface area contributed by atoms with Crippen LogP contribution in [0.4, 0.5) is 0 Å². The summed E-state index contributed by atoms with van der Waals surface area (Å²) in [4.78, 5) is 32.7. The molecule has 0 radical (unpaired) electrons. The molecule has 2 fully saturated rings. The fourth-order valence-corrected chi connectivity index (χ4v) is 5.94. The molecule has 0 unspecified atom stereocenters. The van der Waals surface area contributed by atoms with Crippen LogP contribution < -0.4 is 0 Å². The Bertz CT molecular complexity index is 1320. The smallest absolute Gasteiger partial charge is 0.225 e. The van der Waals surface area contributed by atoms with E-state index in [0.29, 0.717) is 23.0 Å². The molecular formula is C29H32N4O2. The molecule has 35 heavy (non-hydrogen) atoms. The SMILES string of the molecule is Cc1c(CC(=O)c2cccc(C#N)c2)cnc2c1c(C1CCN(C(=O)C3CCCC3)CC1)cn2C. The van der Waals surface area contributed by atoms with Crippen LogP contribution in [-0.2, 0) is 18.3 Å². The average molecular weight is 469 g/mol. The molecule has 0 spiro atoms. The number of ketones is 1. The molecule has 2 aromatic heterocycles. The summed E-state index contributed by atoms with van der Waals surface area (Å²) >= 11 is 0. The average Bonchev–Trinajstić information content (AvgIpc) is 3.54. The van der Waals surface area contributed by atoms with Gasteiger partial charge in [0.25, 0.3) is 0 Å². The summed E-state index contributed by atoms with van der Waals surface area (Å²) in [5, 5.41) is 10.3. The van der Waals surface area contributed by atoms with Crippen molar-refractivity contribution in [2.45, 2.75) is 57.8 Å². The number of hydrogen-bond acceptors (Lipinski definition) is 4. The van der Waals surface area contributed by atoms with Gasteiger partial charge in [-0.15, -0.1) is 0 Å². The van der Waals surface area contributed by atoms with Gasteiger partial charge in [-0.05, 0) is 67.3 Å². The molecular weight excluding hydrogens is 436 g/mol. The zero-order valence-electron chi connectivity index (χ0n) is 20.6. The lowest BCUT2D eigenvalue weighted by Gasteiger charge is -2.33. The van der Waals surface area contributed by atoms with Gasteiger partial charge in [-0.25, -0.2) is 4.98 Å². The number of hydrogen-bond donors (Lipinski definition) is 0. The number of Topliss-reactive ketones (excluding diaryl/α,β-unsaturated/α-hetero) is 1. The molecule has 6 heteroatoms. The maximum atomic E-state index is 13.0. The highest BCUT2D eigenvalue weighted by molar-refractivity contribution is 5.98. The predicted octanol–water partition coefficient (Wildman–Crippen LogP) is 5.08. The minimum absolute atomic E-state index is 0.0115. The van der Waals surface area contributed by atoms with E-state index in [1.807, 2.05) is 13.2 Å². The molecule has 0 bridgehead atoms. The van der Waals surface area contributed by atoms with Crippen LogP contribution >= 0.6 is 0 Å². The highest BCUT2D eigenvalue weighted by atomic mass is 16.2. The van der Waals surface area contributed by atoms with E-state index in [1.165, 1.54) is 18.4 Å². The zero-order valence-corrected chi connectivity index (χ0v) is 20.6. The monoisotopic (exact) mass is 468 g/mol. The first-order chi connectivity index (χ1) is 17.0. The number of benzene rings is 1. The Morgan fingerprint density at radius 1 is 1.14 bits per heavy atom. The number of carbonyl (C=O) groups is 2. The lowest BCUT2D eigenvalue weighted by Crippen LogP contribution is -2.40. The van der Waals surface area contributed by atoms with Gasteiger partial charge >= 0.3 is 0 Å². The van der Waals surface area contributed by atoms with Crippen molar-refractivity contribution < 1.29 is 9.59 Å². The second kappa shape index (κ2) is 9.65. The van der Waals surface area contributed by atoms with Crippen molar-refractivity contribution >= 4 is 22.7 Å². The van der Waals surface area contributed by atoms with Crippen LogP contribution in [0, 0.1) is 24.2 Å². The van der Waals surface area contributed by atoms with Gasteiger partial charge in [0, 0.05) is 55.8 Å².